The van der Waals surface area contributed by atoms with Crippen LogP contribution < -0.4 is 0 Å². The van der Waals surface area contributed by atoms with E-state index in [1.807, 2.05) is 0 Å². The zero-order valence-corrected chi connectivity index (χ0v) is 18.3. The summed E-state index contributed by atoms with van der Waals surface area (Å²) in [6.45, 7) is 3.34. The Bertz CT molecular complexity index is 938. The first-order chi connectivity index (χ1) is 13.8. The van der Waals surface area contributed by atoms with Gasteiger partial charge in [0.1, 0.15) is 0 Å². The lowest BCUT2D eigenvalue weighted by molar-refractivity contribution is -0.124. The summed E-state index contributed by atoms with van der Waals surface area (Å²) in [5.41, 5.74) is 1.51. The second kappa shape index (κ2) is 10.6. The van der Waals surface area contributed by atoms with Crippen molar-refractivity contribution >= 4 is 33.3 Å². The molecule has 5 nitrogen and oxygen atoms in total. The van der Waals surface area contributed by atoms with E-state index in [0.717, 1.165) is 29.1 Å². The van der Waals surface area contributed by atoms with Crippen LogP contribution in [0.1, 0.15) is 55.5 Å². The summed E-state index contributed by atoms with van der Waals surface area (Å²) < 4.78 is 26.4. The van der Waals surface area contributed by atoms with Gasteiger partial charge in [-0.25, -0.2) is 12.7 Å². The lowest BCUT2D eigenvalue weighted by Crippen LogP contribution is -2.36. The first-order valence-electron chi connectivity index (χ1n) is 9.66. The molecule has 0 saturated carbocycles. The van der Waals surface area contributed by atoms with Crippen molar-refractivity contribution in [3.05, 3.63) is 64.7 Å². The predicted molar refractivity (Wildman–Crippen MR) is 115 cm³/mol. The minimum atomic E-state index is -3.95. The van der Waals surface area contributed by atoms with E-state index in [-0.39, 0.29) is 17.2 Å². The molecule has 7 heteroatoms. The number of hydrogen-bond donors (Lipinski definition) is 0. The number of halogens is 1. The monoisotopic (exact) mass is 435 g/mol. The number of nitrogens with zero attached hydrogens (tertiary/aromatic N) is 1. The van der Waals surface area contributed by atoms with Gasteiger partial charge in [-0.3, -0.25) is 9.59 Å². The second-order valence-electron chi connectivity index (χ2n) is 6.88. The molecule has 0 N–H and O–H groups in total. The van der Waals surface area contributed by atoms with Crippen LogP contribution in [0.25, 0.3) is 0 Å². The molecule has 0 radical (unpaired) electrons. The SMILES string of the molecule is CCCCCC(=O)c1ccc(CCN(C(C)=O)S(=O)(=O)c2ccc(Cl)cc2)cc1. The highest BCUT2D eigenvalue weighted by Crippen LogP contribution is 2.19. The van der Waals surface area contributed by atoms with Gasteiger partial charge in [0, 0.05) is 30.5 Å². The van der Waals surface area contributed by atoms with Crippen LogP contribution in [0, 0.1) is 0 Å². The van der Waals surface area contributed by atoms with Gasteiger partial charge < -0.3 is 0 Å². The molecule has 0 spiro atoms. The highest BCUT2D eigenvalue weighted by Gasteiger charge is 2.26. The molecule has 0 aromatic heterocycles. The normalized spacial score (nSPS) is 11.3. The summed E-state index contributed by atoms with van der Waals surface area (Å²) in [7, 11) is -3.95. The van der Waals surface area contributed by atoms with Crippen molar-refractivity contribution in [1.82, 2.24) is 4.31 Å². The van der Waals surface area contributed by atoms with Gasteiger partial charge in [-0.1, -0.05) is 55.6 Å². The Kier molecular flexibility index (Phi) is 8.41. The van der Waals surface area contributed by atoms with Crippen molar-refractivity contribution < 1.29 is 18.0 Å². The van der Waals surface area contributed by atoms with E-state index < -0.39 is 15.9 Å². The van der Waals surface area contributed by atoms with Crippen molar-refractivity contribution in [2.24, 2.45) is 0 Å². The van der Waals surface area contributed by atoms with Crippen molar-refractivity contribution in [2.45, 2.75) is 50.8 Å². The Morgan fingerprint density at radius 1 is 0.966 bits per heavy atom. The first-order valence-corrected chi connectivity index (χ1v) is 11.5. The third-order valence-corrected chi connectivity index (χ3v) is 6.78. The molecule has 2 rings (SSSR count). The van der Waals surface area contributed by atoms with Crippen LogP contribution in [0.5, 0.6) is 0 Å². The van der Waals surface area contributed by atoms with Crippen LogP contribution in [0.3, 0.4) is 0 Å². The number of rotatable bonds is 10. The van der Waals surface area contributed by atoms with Crippen LogP contribution in [-0.2, 0) is 21.2 Å². The molecular weight excluding hydrogens is 410 g/mol. The zero-order chi connectivity index (χ0) is 21.4. The molecule has 0 bridgehead atoms. The molecule has 0 aliphatic carbocycles. The van der Waals surface area contributed by atoms with Crippen molar-refractivity contribution in [3.63, 3.8) is 0 Å². The quantitative estimate of drug-likeness (QED) is 0.393. The summed E-state index contributed by atoms with van der Waals surface area (Å²) in [4.78, 5) is 24.2. The van der Waals surface area contributed by atoms with Crippen LogP contribution in [0.2, 0.25) is 5.02 Å². The van der Waals surface area contributed by atoms with E-state index in [2.05, 4.69) is 6.92 Å². The van der Waals surface area contributed by atoms with Crippen molar-refractivity contribution in [1.29, 1.82) is 0 Å². The molecule has 0 aliphatic rings. The molecule has 0 heterocycles. The Morgan fingerprint density at radius 2 is 1.59 bits per heavy atom. The largest absolute Gasteiger partial charge is 0.294 e. The van der Waals surface area contributed by atoms with Crippen LogP contribution >= 0.6 is 11.6 Å². The Hall–Kier alpha value is -2.18. The molecule has 156 valence electrons. The smallest absolute Gasteiger partial charge is 0.266 e. The van der Waals surface area contributed by atoms with Gasteiger partial charge in [0.2, 0.25) is 5.91 Å². The molecular formula is C22H26ClNO4S. The first kappa shape index (κ1) is 23.1. The fraction of sp³-hybridized carbons (Fsp3) is 0.364. The van der Waals surface area contributed by atoms with E-state index in [1.54, 1.807) is 24.3 Å². The van der Waals surface area contributed by atoms with Gasteiger partial charge in [0.25, 0.3) is 10.0 Å². The highest BCUT2D eigenvalue weighted by molar-refractivity contribution is 7.89. The lowest BCUT2D eigenvalue weighted by Gasteiger charge is -2.21. The standard InChI is InChI=1S/C22H26ClNO4S/c1-3-4-5-6-22(26)19-9-7-18(8-10-19)15-16-24(17(2)25)29(27,28)21-13-11-20(23)12-14-21/h7-14H,3-6,15-16H2,1-2H3. The molecule has 0 fully saturated rings. The maximum atomic E-state index is 12.8. The molecule has 29 heavy (non-hydrogen) atoms. The number of benzene rings is 2. The summed E-state index contributed by atoms with van der Waals surface area (Å²) >= 11 is 5.82. The minimum Gasteiger partial charge on any atom is -0.294 e. The van der Waals surface area contributed by atoms with E-state index in [4.69, 9.17) is 11.6 Å². The highest BCUT2D eigenvalue weighted by atomic mass is 35.5. The van der Waals surface area contributed by atoms with Crippen molar-refractivity contribution in [2.75, 3.05) is 6.54 Å². The Labute approximate surface area is 177 Å². The minimum absolute atomic E-state index is 0.0179. The van der Waals surface area contributed by atoms with Crippen LogP contribution in [0.15, 0.2) is 53.4 Å². The number of unbranched alkanes of at least 4 members (excludes halogenated alkanes) is 2. The van der Waals surface area contributed by atoms with Gasteiger partial charge in [0.05, 0.1) is 4.90 Å². The van der Waals surface area contributed by atoms with Gasteiger partial charge in [-0.2, -0.15) is 0 Å². The number of carbonyl (C=O) groups is 2. The van der Waals surface area contributed by atoms with Gasteiger partial charge in [-0.15, -0.1) is 0 Å². The molecule has 0 aliphatic heterocycles. The van der Waals surface area contributed by atoms with Crippen LogP contribution in [0.4, 0.5) is 0 Å². The maximum Gasteiger partial charge on any atom is 0.266 e. The van der Waals surface area contributed by atoms with Crippen LogP contribution in [-0.4, -0.2) is 31.0 Å². The number of Topliss-reactive ketones (excluding diaryl/α,β-unsaturated/α-hetero) is 1. The van der Waals surface area contributed by atoms with E-state index in [0.29, 0.717) is 23.4 Å². The maximum absolute atomic E-state index is 12.8. The molecule has 0 saturated heterocycles. The fourth-order valence-electron chi connectivity index (χ4n) is 2.95. The molecule has 0 atom stereocenters. The van der Waals surface area contributed by atoms with E-state index in [9.17, 15) is 18.0 Å². The van der Waals surface area contributed by atoms with Gasteiger partial charge >= 0.3 is 0 Å². The summed E-state index contributed by atoms with van der Waals surface area (Å²) in [6, 6.07) is 12.8. The third kappa shape index (κ3) is 6.41. The number of hydrogen-bond acceptors (Lipinski definition) is 4. The fourth-order valence-corrected chi connectivity index (χ4v) is 4.48. The average molecular weight is 436 g/mol. The van der Waals surface area contributed by atoms with E-state index >= 15 is 0 Å². The van der Waals surface area contributed by atoms with Gasteiger partial charge in [0.15, 0.2) is 5.78 Å². The number of carbonyl (C=O) groups excluding carboxylic acids is 2. The Balaban J connectivity index is 2.06. The lowest BCUT2D eigenvalue weighted by atomic mass is 10.0. The molecule has 2 aromatic rings. The zero-order valence-electron chi connectivity index (χ0n) is 16.7. The van der Waals surface area contributed by atoms with Gasteiger partial charge in [-0.05, 0) is 42.7 Å². The number of sulfonamides is 1. The third-order valence-electron chi connectivity index (χ3n) is 4.64. The molecule has 1 amide bonds. The predicted octanol–water partition coefficient (Wildman–Crippen LogP) is 4.88. The Morgan fingerprint density at radius 3 is 2.14 bits per heavy atom. The topological polar surface area (TPSA) is 71.5 Å². The second-order valence-corrected chi connectivity index (χ2v) is 9.18. The number of ketones is 1. The number of amides is 1. The van der Waals surface area contributed by atoms with Crippen molar-refractivity contribution in [3.8, 4) is 0 Å². The summed E-state index contributed by atoms with van der Waals surface area (Å²) in [6.07, 6.45) is 3.87. The summed E-state index contributed by atoms with van der Waals surface area (Å²) in [5, 5.41) is 0.419. The van der Waals surface area contributed by atoms with E-state index in [1.165, 1.54) is 31.2 Å². The molecule has 2 aromatic carbocycles. The summed E-state index contributed by atoms with van der Waals surface area (Å²) in [5.74, 6) is -0.441. The molecule has 0 unspecified atom stereocenters. The average Bonchev–Trinajstić information content (AvgIpc) is 2.68.